The first kappa shape index (κ1) is 29.4. The summed E-state index contributed by atoms with van der Waals surface area (Å²) >= 11 is 0. The van der Waals surface area contributed by atoms with Gasteiger partial charge in [-0.2, -0.15) is 0 Å². The van der Waals surface area contributed by atoms with Crippen LogP contribution in [0.2, 0.25) is 0 Å². The zero-order chi connectivity index (χ0) is 28.0. The molecular weight excluding hydrogens is 476 g/mol. The van der Waals surface area contributed by atoms with Gasteiger partial charge in [-0.05, 0) is 123 Å². The van der Waals surface area contributed by atoms with Crippen LogP contribution in [0.15, 0.2) is 35.6 Å². The Hall–Kier alpha value is -1.06. The summed E-state index contributed by atoms with van der Waals surface area (Å²) in [6.07, 6.45) is 25.8. The van der Waals surface area contributed by atoms with Crippen LogP contribution in [0.5, 0.6) is 0 Å². The Morgan fingerprint density at radius 1 is 1.03 bits per heavy atom. The van der Waals surface area contributed by atoms with Gasteiger partial charge in [-0.25, -0.2) is 0 Å². The topological polar surface area (TPSA) is 61.3 Å². The van der Waals surface area contributed by atoms with Crippen molar-refractivity contribution < 1.29 is 4.74 Å². The Bertz CT molecular complexity index is 965. The van der Waals surface area contributed by atoms with Crippen LogP contribution in [0.3, 0.4) is 0 Å². The van der Waals surface area contributed by atoms with Crippen LogP contribution in [0.1, 0.15) is 125 Å². The molecule has 0 bridgehead atoms. The van der Waals surface area contributed by atoms with Gasteiger partial charge in [-0.3, -0.25) is 0 Å². The summed E-state index contributed by atoms with van der Waals surface area (Å²) in [6.45, 7) is 14.9. The third-order valence-corrected chi connectivity index (χ3v) is 12.8. The predicted molar refractivity (Wildman–Crippen MR) is 165 cm³/mol. The lowest BCUT2D eigenvalue weighted by Crippen LogP contribution is -2.54. The van der Waals surface area contributed by atoms with Gasteiger partial charge < -0.3 is 16.2 Å². The summed E-state index contributed by atoms with van der Waals surface area (Å²) in [5.41, 5.74) is 15.9. The molecule has 0 aromatic carbocycles. The van der Waals surface area contributed by atoms with E-state index in [9.17, 15) is 0 Å². The summed E-state index contributed by atoms with van der Waals surface area (Å²) < 4.78 is 6.83. The van der Waals surface area contributed by atoms with E-state index < -0.39 is 5.54 Å². The van der Waals surface area contributed by atoms with E-state index in [0.717, 1.165) is 66.9 Å². The summed E-state index contributed by atoms with van der Waals surface area (Å²) in [4.78, 5) is 0. The molecule has 0 saturated heterocycles. The minimum Gasteiger partial charge on any atom is -0.399 e. The van der Waals surface area contributed by atoms with Crippen molar-refractivity contribution in [3.8, 4) is 0 Å². The predicted octanol–water partition coefficient (Wildman–Crippen LogP) is 8.69. The quantitative estimate of drug-likeness (QED) is 0.290. The highest BCUT2D eigenvalue weighted by Crippen LogP contribution is 2.67. The molecule has 3 fully saturated rings. The monoisotopic (exact) mass is 536 g/mol. The van der Waals surface area contributed by atoms with Gasteiger partial charge in [-0.15, -0.1) is 0 Å². The molecule has 5 rings (SSSR count). The van der Waals surface area contributed by atoms with Crippen molar-refractivity contribution in [2.75, 3.05) is 0 Å². The summed E-state index contributed by atoms with van der Waals surface area (Å²) in [7, 11) is 0. The molecule has 220 valence electrons. The molecule has 0 spiro atoms. The fraction of sp³-hybridized carbons (Fsp3) is 0.833. The normalized spacial score (nSPS) is 43.2. The average Bonchev–Trinajstić information content (AvgIpc) is 3.24. The number of fused-ring (bicyclic) bond motifs is 5. The Labute approximate surface area is 240 Å². The number of allylic oxidation sites excluding steroid dienone is 2. The van der Waals surface area contributed by atoms with E-state index in [2.05, 4.69) is 53.7 Å². The number of hydrogen-bond acceptors (Lipinski definition) is 3. The molecule has 39 heavy (non-hydrogen) atoms. The third kappa shape index (κ3) is 5.45. The van der Waals surface area contributed by atoms with Crippen LogP contribution < -0.4 is 11.5 Å². The minimum atomic E-state index is -0.487. The zero-order valence-corrected chi connectivity index (χ0v) is 26.2. The van der Waals surface area contributed by atoms with Crippen molar-refractivity contribution in [2.45, 2.75) is 143 Å². The highest BCUT2D eigenvalue weighted by atomic mass is 16.5. The molecule has 4 N–H and O–H groups in total. The number of nitrogens with two attached hydrogens (primary N) is 2. The van der Waals surface area contributed by atoms with E-state index in [1.807, 2.05) is 12.2 Å². The molecule has 10 atom stereocenters. The lowest BCUT2D eigenvalue weighted by atomic mass is 9.47. The van der Waals surface area contributed by atoms with Gasteiger partial charge in [0, 0.05) is 5.70 Å². The van der Waals surface area contributed by atoms with Crippen LogP contribution in [0, 0.1) is 46.3 Å². The zero-order valence-electron chi connectivity index (χ0n) is 26.2. The summed E-state index contributed by atoms with van der Waals surface area (Å²) in [6, 6.07) is 0. The molecule has 0 amide bonds. The van der Waals surface area contributed by atoms with Gasteiger partial charge in [0.2, 0.25) is 0 Å². The van der Waals surface area contributed by atoms with Crippen LogP contribution in [-0.2, 0) is 4.74 Å². The maximum absolute atomic E-state index is 6.85. The first-order valence-electron chi connectivity index (χ1n) is 16.8. The Morgan fingerprint density at radius 3 is 2.54 bits per heavy atom. The molecule has 0 aromatic rings. The molecule has 0 radical (unpaired) electrons. The summed E-state index contributed by atoms with van der Waals surface area (Å²) in [5.74, 6) is 5.34. The van der Waals surface area contributed by atoms with Crippen molar-refractivity contribution in [2.24, 2.45) is 57.8 Å². The largest absolute Gasteiger partial charge is 0.399 e. The molecule has 3 nitrogen and oxygen atoms in total. The lowest BCUT2D eigenvalue weighted by Gasteiger charge is -2.58. The van der Waals surface area contributed by atoms with E-state index in [-0.39, 0.29) is 12.2 Å². The SMILES string of the molecule is CCC(O[C@H]1CC[C@@]2(C)C(=CC[C@H]3[C@@H]4CC[C@H]([C@H](C)CCCC(C)C)[C@@]4(C)CC[C@@H]32)C1)C1(N)C=C(N)C=CC1. The number of rotatable bonds is 9. The van der Waals surface area contributed by atoms with Crippen molar-refractivity contribution in [1.82, 2.24) is 0 Å². The van der Waals surface area contributed by atoms with Gasteiger partial charge in [0.15, 0.2) is 0 Å². The van der Waals surface area contributed by atoms with E-state index in [0.29, 0.717) is 10.8 Å². The standard InChI is InChI=1S/C36H60N2O/c1-7-33(36(38)19-9-12-27(37)23-36)39-28-17-20-34(5)26(22-28)13-14-29-31-16-15-30(25(4)11-8-10-24(2)3)35(31,6)21-18-32(29)34/h9,12-13,23-25,28-33H,7-8,10-11,14-22,37-38H2,1-6H3/t25-,28+,29+,30-,31+,32+,33?,34+,35-,36?/m1/s1. The maximum atomic E-state index is 6.85. The first-order chi connectivity index (χ1) is 18.5. The average molecular weight is 537 g/mol. The van der Waals surface area contributed by atoms with Crippen molar-refractivity contribution in [3.63, 3.8) is 0 Å². The Kier molecular flexibility index (Phi) is 8.54. The molecule has 0 aliphatic heterocycles. The van der Waals surface area contributed by atoms with E-state index in [4.69, 9.17) is 16.2 Å². The van der Waals surface area contributed by atoms with E-state index in [1.165, 1.54) is 57.8 Å². The molecule has 5 aliphatic carbocycles. The fourth-order valence-electron chi connectivity index (χ4n) is 10.6. The third-order valence-electron chi connectivity index (χ3n) is 12.8. The van der Waals surface area contributed by atoms with Gasteiger partial charge in [0.05, 0.1) is 17.7 Å². The second-order valence-corrected chi connectivity index (χ2v) is 15.6. The maximum Gasteiger partial charge on any atom is 0.0795 e. The molecule has 3 heteroatoms. The van der Waals surface area contributed by atoms with Crippen molar-refractivity contribution in [3.05, 3.63) is 35.6 Å². The van der Waals surface area contributed by atoms with Crippen LogP contribution in [-0.4, -0.2) is 17.7 Å². The number of hydrogen-bond donors (Lipinski definition) is 2. The van der Waals surface area contributed by atoms with Crippen LogP contribution in [0.25, 0.3) is 0 Å². The molecule has 2 unspecified atom stereocenters. The highest BCUT2D eigenvalue weighted by molar-refractivity contribution is 5.29. The van der Waals surface area contributed by atoms with Crippen molar-refractivity contribution >= 4 is 0 Å². The minimum absolute atomic E-state index is 0.0145. The first-order valence-corrected chi connectivity index (χ1v) is 16.8. The molecule has 0 aromatic heterocycles. The second-order valence-electron chi connectivity index (χ2n) is 15.6. The van der Waals surface area contributed by atoms with E-state index in [1.54, 1.807) is 5.57 Å². The van der Waals surface area contributed by atoms with Crippen LogP contribution in [0.4, 0.5) is 0 Å². The van der Waals surface area contributed by atoms with E-state index >= 15 is 0 Å². The van der Waals surface area contributed by atoms with Gasteiger partial charge in [-0.1, -0.05) is 78.5 Å². The van der Waals surface area contributed by atoms with Crippen molar-refractivity contribution in [1.29, 1.82) is 0 Å². The fourth-order valence-corrected chi connectivity index (χ4v) is 10.6. The smallest absolute Gasteiger partial charge is 0.0795 e. The molecule has 5 aliphatic rings. The van der Waals surface area contributed by atoms with Gasteiger partial charge in [0.25, 0.3) is 0 Å². The Morgan fingerprint density at radius 2 is 1.82 bits per heavy atom. The molecular formula is C36H60N2O. The molecule has 0 heterocycles. The summed E-state index contributed by atoms with van der Waals surface area (Å²) in [5, 5.41) is 0. The number of ether oxygens (including phenoxy) is 1. The lowest BCUT2D eigenvalue weighted by molar-refractivity contribution is -0.0858. The Balaban J connectivity index is 1.25. The highest BCUT2D eigenvalue weighted by Gasteiger charge is 2.59. The second kappa shape index (κ2) is 11.3. The molecule has 3 saturated carbocycles. The van der Waals surface area contributed by atoms with Gasteiger partial charge in [0.1, 0.15) is 0 Å². The van der Waals surface area contributed by atoms with Gasteiger partial charge >= 0.3 is 0 Å². The van der Waals surface area contributed by atoms with Crippen LogP contribution >= 0.6 is 0 Å².